The summed E-state index contributed by atoms with van der Waals surface area (Å²) >= 11 is 0. The Morgan fingerprint density at radius 2 is 2.04 bits per heavy atom. The highest BCUT2D eigenvalue weighted by Crippen LogP contribution is 2.21. The van der Waals surface area contributed by atoms with E-state index in [1.54, 1.807) is 41.2 Å². The zero-order valence-corrected chi connectivity index (χ0v) is 15.5. The predicted molar refractivity (Wildman–Crippen MR) is 102 cm³/mol. The van der Waals surface area contributed by atoms with Gasteiger partial charge in [-0.05, 0) is 56.6 Å². The summed E-state index contributed by atoms with van der Waals surface area (Å²) in [6.07, 6.45) is 3.82. The van der Waals surface area contributed by atoms with Gasteiger partial charge in [0.05, 0.1) is 17.9 Å². The van der Waals surface area contributed by atoms with Crippen LogP contribution in [0.15, 0.2) is 42.6 Å². The number of aryl methyl sites for hydroxylation is 1. The van der Waals surface area contributed by atoms with E-state index in [2.05, 4.69) is 31.1 Å². The smallest absolute Gasteiger partial charge is 0.277 e. The first-order valence-corrected chi connectivity index (χ1v) is 9.19. The molecule has 1 aliphatic rings. The number of nitrogens with zero attached hydrogens (tertiary/aromatic N) is 5. The maximum Gasteiger partial charge on any atom is 0.277 e. The molecule has 9 heteroatoms. The number of ether oxygens (including phenoxy) is 1. The number of aromatic nitrogens is 5. The van der Waals surface area contributed by atoms with E-state index in [0.29, 0.717) is 23.0 Å². The van der Waals surface area contributed by atoms with Crippen LogP contribution in [0.2, 0.25) is 0 Å². The number of anilines is 1. The Morgan fingerprint density at radius 1 is 1.18 bits per heavy atom. The van der Waals surface area contributed by atoms with Crippen molar-refractivity contribution in [3.05, 3.63) is 54.0 Å². The van der Waals surface area contributed by atoms with E-state index in [0.717, 1.165) is 31.6 Å². The Kier molecular flexibility index (Phi) is 5.24. The Labute approximate surface area is 162 Å². The minimum absolute atomic E-state index is 0.240. The molecule has 144 valence electrons. The molecule has 0 spiro atoms. The molecule has 1 amide bonds. The molecule has 3 aromatic rings. The summed E-state index contributed by atoms with van der Waals surface area (Å²) in [4.78, 5) is 12.4. The number of rotatable bonds is 5. The van der Waals surface area contributed by atoms with Crippen LogP contribution in [0.5, 0.6) is 11.6 Å². The Bertz CT molecular complexity index is 932. The molecule has 1 saturated heterocycles. The van der Waals surface area contributed by atoms with Crippen molar-refractivity contribution in [2.24, 2.45) is 0 Å². The average Bonchev–Trinajstić information content (AvgIpc) is 3.22. The summed E-state index contributed by atoms with van der Waals surface area (Å²) in [6.45, 7) is 3.73. The summed E-state index contributed by atoms with van der Waals surface area (Å²) in [7, 11) is 0. The third-order valence-corrected chi connectivity index (χ3v) is 4.50. The second kappa shape index (κ2) is 8.13. The van der Waals surface area contributed by atoms with Crippen molar-refractivity contribution >= 4 is 11.6 Å². The molecule has 4 rings (SSSR count). The number of amides is 1. The Balaban J connectivity index is 1.36. The van der Waals surface area contributed by atoms with Gasteiger partial charge >= 0.3 is 0 Å². The van der Waals surface area contributed by atoms with Crippen molar-refractivity contribution in [3.63, 3.8) is 0 Å². The lowest BCUT2D eigenvalue weighted by molar-refractivity contribution is 0.102. The van der Waals surface area contributed by atoms with Gasteiger partial charge in [-0.2, -0.15) is 5.10 Å². The maximum atomic E-state index is 12.4. The molecule has 0 aliphatic carbocycles. The lowest BCUT2D eigenvalue weighted by Gasteiger charge is -2.22. The van der Waals surface area contributed by atoms with E-state index < -0.39 is 0 Å². The number of nitrogens with one attached hydrogen (secondary N) is 2. The molecule has 1 unspecified atom stereocenters. The van der Waals surface area contributed by atoms with E-state index in [9.17, 15) is 4.79 Å². The summed E-state index contributed by atoms with van der Waals surface area (Å²) in [5, 5.41) is 22.2. The SMILES string of the molecule is Cc1ccc(Oc2ccc(NC(=O)c3cn(C4CCCNC4)nn3)cc2)nn1. The number of piperidine rings is 1. The monoisotopic (exact) mass is 379 g/mol. The average molecular weight is 379 g/mol. The molecule has 28 heavy (non-hydrogen) atoms. The first-order chi connectivity index (χ1) is 13.7. The van der Waals surface area contributed by atoms with Crippen LogP contribution in [0.3, 0.4) is 0 Å². The van der Waals surface area contributed by atoms with Crippen molar-refractivity contribution < 1.29 is 9.53 Å². The summed E-state index contributed by atoms with van der Waals surface area (Å²) < 4.78 is 7.40. The molecule has 2 N–H and O–H groups in total. The topological polar surface area (TPSA) is 107 Å². The zero-order chi connectivity index (χ0) is 19.3. The van der Waals surface area contributed by atoms with Crippen LogP contribution in [-0.2, 0) is 0 Å². The van der Waals surface area contributed by atoms with E-state index in [-0.39, 0.29) is 11.9 Å². The summed E-state index contributed by atoms with van der Waals surface area (Å²) in [6, 6.07) is 10.8. The van der Waals surface area contributed by atoms with Gasteiger partial charge in [-0.15, -0.1) is 10.2 Å². The molecule has 0 radical (unpaired) electrons. The standard InChI is InChI=1S/C19H21N7O2/c1-13-4-9-18(24-22-13)28-16-7-5-14(6-8-16)21-19(27)17-12-26(25-23-17)15-3-2-10-20-11-15/h4-9,12,15,20H,2-3,10-11H2,1H3,(H,21,27). The van der Waals surface area contributed by atoms with Crippen LogP contribution < -0.4 is 15.4 Å². The van der Waals surface area contributed by atoms with Crippen LogP contribution in [0.4, 0.5) is 5.69 Å². The van der Waals surface area contributed by atoms with Crippen LogP contribution in [0.25, 0.3) is 0 Å². The number of hydrogen-bond acceptors (Lipinski definition) is 7. The first kappa shape index (κ1) is 18.1. The fraction of sp³-hybridized carbons (Fsp3) is 0.316. The second-order valence-corrected chi connectivity index (χ2v) is 6.68. The molecule has 1 aromatic carbocycles. The number of benzene rings is 1. The second-order valence-electron chi connectivity index (χ2n) is 6.68. The van der Waals surface area contributed by atoms with E-state index >= 15 is 0 Å². The van der Waals surface area contributed by atoms with Crippen molar-refractivity contribution in [2.45, 2.75) is 25.8 Å². The van der Waals surface area contributed by atoms with Crippen molar-refractivity contribution in [1.82, 2.24) is 30.5 Å². The van der Waals surface area contributed by atoms with Gasteiger partial charge in [-0.3, -0.25) is 4.79 Å². The predicted octanol–water partition coefficient (Wildman–Crippen LogP) is 2.35. The quantitative estimate of drug-likeness (QED) is 0.701. The molecule has 2 aromatic heterocycles. The van der Waals surface area contributed by atoms with Gasteiger partial charge in [0.25, 0.3) is 5.91 Å². The number of carbonyl (C=O) groups is 1. The van der Waals surface area contributed by atoms with Gasteiger partial charge in [0.2, 0.25) is 5.88 Å². The molecular weight excluding hydrogens is 358 g/mol. The highest BCUT2D eigenvalue weighted by atomic mass is 16.5. The van der Waals surface area contributed by atoms with Gasteiger partial charge < -0.3 is 15.4 Å². The highest BCUT2D eigenvalue weighted by molar-refractivity contribution is 6.02. The largest absolute Gasteiger partial charge is 0.438 e. The minimum atomic E-state index is -0.298. The fourth-order valence-corrected chi connectivity index (χ4v) is 2.98. The van der Waals surface area contributed by atoms with Crippen molar-refractivity contribution in [1.29, 1.82) is 0 Å². The third kappa shape index (κ3) is 4.32. The van der Waals surface area contributed by atoms with Gasteiger partial charge in [0.15, 0.2) is 5.69 Å². The molecule has 1 fully saturated rings. The Morgan fingerprint density at radius 3 is 2.75 bits per heavy atom. The normalized spacial score (nSPS) is 16.5. The van der Waals surface area contributed by atoms with Gasteiger partial charge in [0.1, 0.15) is 5.75 Å². The molecule has 9 nitrogen and oxygen atoms in total. The van der Waals surface area contributed by atoms with Crippen LogP contribution in [-0.4, -0.2) is 44.2 Å². The molecule has 3 heterocycles. The number of carbonyl (C=O) groups excluding carboxylic acids is 1. The highest BCUT2D eigenvalue weighted by Gasteiger charge is 2.18. The van der Waals surface area contributed by atoms with Gasteiger partial charge in [-0.1, -0.05) is 5.21 Å². The summed E-state index contributed by atoms with van der Waals surface area (Å²) in [5.41, 5.74) is 1.75. The van der Waals surface area contributed by atoms with Crippen molar-refractivity contribution in [3.8, 4) is 11.6 Å². The maximum absolute atomic E-state index is 12.4. The molecular formula is C19H21N7O2. The van der Waals surface area contributed by atoms with E-state index in [1.807, 2.05) is 13.0 Å². The molecule has 1 aliphatic heterocycles. The molecule has 1 atom stereocenters. The zero-order valence-electron chi connectivity index (χ0n) is 15.5. The summed E-state index contributed by atoms with van der Waals surface area (Å²) in [5.74, 6) is 0.719. The van der Waals surface area contributed by atoms with Crippen molar-refractivity contribution in [2.75, 3.05) is 18.4 Å². The van der Waals surface area contributed by atoms with Crippen LogP contribution >= 0.6 is 0 Å². The molecule has 0 bridgehead atoms. The fourth-order valence-electron chi connectivity index (χ4n) is 2.98. The Hall–Kier alpha value is -3.33. The lowest BCUT2D eigenvalue weighted by atomic mass is 10.1. The van der Waals surface area contributed by atoms with E-state index in [1.165, 1.54) is 0 Å². The third-order valence-electron chi connectivity index (χ3n) is 4.50. The van der Waals surface area contributed by atoms with Gasteiger partial charge in [-0.25, -0.2) is 4.68 Å². The van der Waals surface area contributed by atoms with E-state index in [4.69, 9.17) is 4.74 Å². The lowest BCUT2D eigenvalue weighted by Crippen LogP contribution is -2.31. The van der Waals surface area contributed by atoms with Crippen LogP contribution in [0.1, 0.15) is 35.1 Å². The number of hydrogen-bond donors (Lipinski definition) is 2. The van der Waals surface area contributed by atoms with Crippen LogP contribution in [0, 0.1) is 6.92 Å². The minimum Gasteiger partial charge on any atom is -0.438 e. The molecule has 0 saturated carbocycles. The first-order valence-electron chi connectivity index (χ1n) is 9.19. The van der Waals surface area contributed by atoms with Gasteiger partial charge in [0, 0.05) is 18.3 Å².